The first kappa shape index (κ1) is 17.3. The molecule has 1 saturated heterocycles. The second kappa shape index (κ2) is 12.0. The molecule has 0 aromatic carbocycles. The number of thioether (sulfide) groups is 1. The number of hydrogen-bond donors (Lipinski definition) is 1. The summed E-state index contributed by atoms with van der Waals surface area (Å²) in [5, 5.41) is 4.29. The van der Waals surface area contributed by atoms with Crippen LogP contribution in [0.2, 0.25) is 0 Å². The van der Waals surface area contributed by atoms with E-state index in [2.05, 4.69) is 35.8 Å². The van der Waals surface area contributed by atoms with Crippen LogP contribution >= 0.6 is 11.8 Å². The molecular weight excluding hydrogens is 252 g/mol. The third kappa shape index (κ3) is 8.21. The van der Waals surface area contributed by atoms with E-state index in [0.717, 1.165) is 5.37 Å². The normalized spacial score (nSPS) is 20.1. The van der Waals surface area contributed by atoms with Crippen molar-refractivity contribution in [1.29, 1.82) is 0 Å². The molecule has 1 unspecified atom stereocenters. The number of nitrogens with one attached hydrogen (secondary N) is 1. The lowest BCUT2D eigenvalue weighted by Crippen LogP contribution is -2.45. The molecule has 1 rings (SSSR count). The van der Waals surface area contributed by atoms with Gasteiger partial charge in [0.15, 0.2) is 0 Å². The molecule has 0 aliphatic carbocycles. The van der Waals surface area contributed by atoms with E-state index in [0.29, 0.717) is 0 Å². The molecule has 0 saturated carbocycles. The molecule has 1 heterocycles. The Balaban J connectivity index is 2.24. The zero-order valence-electron chi connectivity index (χ0n) is 13.1. The molecule has 0 bridgehead atoms. The van der Waals surface area contributed by atoms with Crippen molar-refractivity contribution in [2.75, 3.05) is 31.9 Å². The monoisotopic (exact) mass is 286 g/mol. The second-order valence-corrected chi connectivity index (χ2v) is 6.97. The van der Waals surface area contributed by atoms with Crippen LogP contribution in [0, 0.1) is 0 Å². The maximum absolute atomic E-state index is 3.56. The molecule has 0 amide bonds. The third-order valence-electron chi connectivity index (χ3n) is 3.91. The molecule has 0 aromatic heterocycles. The summed E-state index contributed by atoms with van der Waals surface area (Å²) in [5.74, 6) is 1.28. The molecule has 1 aliphatic heterocycles. The fourth-order valence-electron chi connectivity index (χ4n) is 2.67. The smallest absolute Gasteiger partial charge is 0.0684 e. The van der Waals surface area contributed by atoms with Gasteiger partial charge < -0.3 is 5.32 Å². The van der Waals surface area contributed by atoms with Crippen molar-refractivity contribution >= 4 is 11.8 Å². The molecule has 3 heteroatoms. The van der Waals surface area contributed by atoms with E-state index >= 15 is 0 Å². The second-order valence-electron chi connectivity index (χ2n) is 5.69. The Labute approximate surface area is 125 Å². The number of unbranched alkanes of at least 4 members (excludes halogenated alkanes) is 6. The zero-order chi connectivity index (χ0) is 13.8. The first-order valence-corrected chi connectivity index (χ1v) is 9.49. The average Bonchev–Trinajstić information content (AvgIpc) is 2.46. The molecule has 0 radical (unpaired) electrons. The van der Waals surface area contributed by atoms with Crippen LogP contribution in [0.1, 0.15) is 65.2 Å². The average molecular weight is 287 g/mol. The SMILES string of the molecule is CCCCCCN(CCCCCC)C1CNCCS1. The summed E-state index contributed by atoms with van der Waals surface area (Å²) >= 11 is 2.16. The molecule has 19 heavy (non-hydrogen) atoms. The predicted octanol–water partition coefficient (Wildman–Crippen LogP) is 4.11. The Bertz CT molecular complexity index is 181. The number of nitrogens with zero attached hydrogens (tertiary/aromatic N) is 1. The highest BCUT2D eigenvalue weighted by Crippen LogP contribution is 2.19. The highest BCUT2D eigenvalue weighted by molar-refractivity contribution is 7.99. The lowest BCUT2D eigenvalue weighted by molar-refractivity contribution is 0.237. The summed E-state index contributed by atoms with van der Waals surface area (Å²) in [6.07, 6.45) is 11.1. The molecular formula is C16H34N2S. The first-order valence-electron chi connectivity index (χ1n) is 8.44. The van der Waals surface area contributed by atoms with Gasteiger partial charge in [-0.05, 0) is 25.9 Å². The van der Waals surface area contributed by atoms with Gasteiger partial charge in [-0.25, -0.2) is 0 Å². The number of hydrogen-bond acceptors (Lipinski definition) is 3. The van der Waals surface area contributed by atoms with Crippen LogP contribution in [-0.4, -0.2) is 42.2 Å². The van der Waals surface area contributed by atoms with Crippen LogP contribution in [0.5, 0.6) is 0 Å². The van der Waals surface area contributed by atoms with Crippen molar-refractivity contribution < 1.29 is 0 Å². The maximum atomic E-state index is 3.56. The topological polar surface area (TPSA) is 15.3 Å². The first-order chi connectivity index (χ1) is 9.38. The van der Waals surface area contributed by atoms with E-state index < -0.39 is 0 Å². The van der Waals surface area contributed by atoms with Crippen LogP contribution in [0.25, 0.3) is 0 Å². The lowest BCUT2D eigenvalue weighted by atomic mass is 10.1. The van der Waals surface area contributed by atoms with Gasteiger partial charge in [0.05, 0.1) is 5.37 Å². The Kier molecular flexibility index (Phi) is 11.0. The van der Waals surface area contributed by atoms with Crippen molar-refractivity contribution in [3.05, 3.63) is 0 Å². The molecule has 1 N–H and O–H groups in total. The molecule has 114 valence electrons. The molecule has 1 fully saturated rings. The fourth-order valence-corrected chi connectivity index (χ4v) is 3.86. The minimum atomic E-state index is 0.733. The Morgan fingerprint density at radius 3 is 2.05 bits per heavy atom. The molecule has 0 spiro atoms. The minimum absolute atomic E-state index is 0.733. The van der Waals surface area contributed by atoms with Gasteiger partial charge in [-0.2, -0.15) is 0 Å². The minimum Gasteiger partial charge on any atom is -0.313 e. The van der Waals surface area contributed by atoms with Crippen LogP contribution in [0.15, 0.2) is 0 Å². The van der Waals surface area contributed by atoms with Gasteiger partial charge in [0.25, 0.3) is 0 Å². The van der Waals surface area contributed by atoms with Crippen LogP contribution in [-0.2, 0) is 0 Å². The molecule has 0 aromatic rings. The van der Waals surface area contributed by atoms with E-state index in [-0.39, 0.29) is 0 Å². The van der Waals surface area contributed by atoms with Gasteiger partial charge in [0.1, 0.15) is 0 Å². The highest BCUT2D eigenvalue weighted by atomic mass is 32.2. The molecule has 1 aliphatic rings. The Morgan fingerprint density at radius 2 is 1.58 bits per heavy atom. The predicted molar refractivity (Wildman–Crippen MR) is 89.0 cm³/mol. The van der Waals surface area contributed by atoms with Gasteiger partial charge >= 0.3 is 0 Å². The summed E-state index contributed by atoms with van der Waals surface area (Å²) in [7, 11) is 0. The zero-order valence-corrected chi connectivity index (χ0v) is 13.9. The summed E-state index contributed by atoms with van der Waals surface area (Å²) < 4.78 is 0. The van der Waals surface area contributed by atoms with Crippen LogP contribution in [0.4, 0.5) is 0 Å². The quantitative estimate of drug-likeness (QED) is 0.575. The van der Waals surface area contributed by atoms with E-state index in [1.807, 2.05) is 0 Å². The van der Waals surface area contributed by atoms with E-state index in [1.165, 1.54) is 83.3 Å². The lowest BCUT2D eigenvalue weighted by Gasteiger charge is -2.34. The fraction of sp³-hybridized carbons (Fsp3) is 1.00. The molecule has 2 nitrogen and oxygen atoms in total. The van der Waals surface area contributed by atoms with Gasteiger partial charge in [0.2, 0.25) is 0 Å². The van der Waals surface area contributed by atoms with Crippen molar-refractivity contribution in [3.63, 3.8) is 0 Å². The van der Waals surface area contributed by atoms with E-state index in [1.54, 1.807) is 0 Å². The standard InChI is InChI=1S/C16H34N2S/c1-3-5-7-9-12-18(13-10-8-6-4-2)16-15-17-11-14-19-16/h16-17H,3-15H2,1-2H3. The van der Waals surface area contributed by atoms with Gasteiger partial charge in [-0.3, -0.25) is 4.90 Å². The highest BCUT2D eigenvalue weighted by Gasteiger charge is 2.20. The Morgan fingerprint density at radius 1 is 0.947 bits per heavy atom. The summed E-state index contributed by atoms with van der Waals surface area (Å²) in [6.45, 7) is 9.59. The van der Waals surface area contributed by atoms with E-state index in [4.69, 9.17) is 0 Å². The summed E-state index contributed by atoms with van der Waals surface area (Å²) in [5.41, 5.74) is 0. The van der Waals surface area contributed by atoms with E-state index in [9.17, 15) is 0 Å². The van der Waals surface area contributed by atoms with Crippen LogP contribution < -0.4 is 5.32 Å². The van der Waals surface area contributed by atoms with Crippen molar-refractivity contribution in [2.45, 2.75) is 70.6 Å². The van der Waals surface area contributed by atoms with Gasteiger partial charge in [-0.15, -0.1) is 11.8 Å². The van der Waals surface area contributed by atoms with Crippen molar-refractivity contribution in [2.24, 2.45) is 0 Å². The van der Waals surface area contributed by atoms with Gasteiger partial charge in [0, 0.05) is 18.8 Å². The van der Waals surface area contributed by atoms with Gasteiger partial charge in [-0.1, -0.05) is 52.4 Å². The summed E-state index contributed by atoms with van der Waals surface area (Å²) in [6, 6.07) is 0. The molecule has 1 atom stereocenters. The van der Waals surface area contributed by atoms with Crippen LogP contribution in [0.3, 0.4) is 0 Å². The third-order valence-corrected chi connectivity index (χ3v) is 5.20. The largest absolute Gasteiger partial charge is 0.313 e. The Hall–Kier alpha value is 0.270. The number of rotatable bonds is 11. The summed E-state index contributed by atoms with van der Waals surface area (Å²) in [4.78, 5) is 2.75. The van der Waals surface area contributed by atoms with Crippen molar-refractivity contribution in [3.8, 4) is 0 Å². The maximum Gasteiger partial charge on any atom is 0.0684 e. The van der Waals surface area contributed by atoms with Crippen molar-refractivity contribution in [1.82, 2.24) is 10.2 Å².